The number of rotatable bonds is 2. The van der Waals surface area contributed by atoms with Crippen LogP contribution in [-0.4, -0.2) is 0 Å². The molecule has 2 aromatic carbocycles. The lowest BCUT2D eigenvalue weighted by Crippen LogP contribution is -1.94. The van der Waals surface area contributed by atoms with E-state index in [1.54, 1.807) is 0 Å². The standard InChI is InChI=1S/C12H7BrF3NO/c13-7-4-10(17)8(15)5-12(7)18-11-2-1-6(14)3-9(11)16/h1-5H,17H2. The van der Waals surface area contributed by atoms with Crippen molar-refractivity contribution in [3.05, 3.63) is 52.3 Å². The fourth-order valence-corrected chi connectivity index (χ4v) is 1.74. The van der Waals surface area contributed by atoms with Crippen LogP contribution in [0.1, 0.15) is 0 Å². The van der Waals surface area contributed by atoms with Crippen LogP contribution < -0.4 is 10.5 Å². The lowest BCUT2D eigenvalue weighted by molar-refractivity contribution is 0.432. The lowest BCUT2D eigenvalue weighted by Gasteiger charge is -2.09. The second-order valence-corrected chi connectivity index (χ2v) is 4.34. The van der Waals surface area contributed by atoms with Gasteiger partial charge in [-0.05, 0) is 34.1 Å². The van der Waals surface area contributed by atoms with Crippen molar-refractivity contribution < 1.29 is 17.9 Å². The zero-order valence-electron chi connectivity index (χ0n) is 8.88. The molecule has 0 atom stereocenters. The summed E-state index contributed by atoms with van der Waals surface area (Å²) in [7, 11) is 0. The average molecular weight is 318 g/mol. The Hall–Kier alpha value is -1.69. The molecule has 0 heterocycles. The van der Waals surface area contributed by atoms with E-state index in [2.05, 4.69) is 15.9 Å². The number of hydrogen-bond acceptors (Lipinski definition) is 2. The smallest absolute Gasteiger partial charge is 0.168 e. The normalized spacial score (nSPS) is 10.4. The highest BCUT2D eigenvalue weighted by molar-refractivity contribution is 9.10. The molecule has 0 radical (unpaired) electrons. The molecule has 18 heavy (non-hydrogen) atoms. The molecule has 0 saturated carbocycles. The van der Waals surface area contributed by atoms with E-state index in [1.807, 2.05) is 0 Å². The fraction of sp³-hybridized carbons (Fsp3) is 0. The van der Waals surface area contributed by atoms with E-state index in [-0.39, 0.29) is 17.2 Å². The Labute approximate surface area is 109 Å². The van der Waals surface area contributed by atoms with E-state index in [9.17, 15) is 13.2 Å². The van der Waals surface area contributed by atoms with Crippen molar-refractivity contribution in [1.29, 1.82) is 0 Å². The Morgan fingerprint density at radius 2 is 1.67 bits per heavy atom. The maximum Gasteiger partial charge on any atom is 0.168 e. The molecule has 0 aliphatic rings. The van der Waals surface area contributed by atoms with Gasteiger partial charge in [0.1, 0.15) is 17.4 Å². The SMILES string of the molecule is Nc1cc(Br)c(Oc2ccc(F)cc2F)cc1F. The topological polar surface area (TPSA) is 35.2 Å². The van der Waals surface area contributed by atoms with Gasteiger partial charge in [0.15, 0.2) is 11.6 Å². The zero-order chi connectivity index (χ0) is 13.3. The third-order valence-electron chi connectivity index (χ3n) is 2.17. The molecule has 0 aliphatic carbocycles. The molecule has 0 spiro atoms. The fourth-order valence-electron chi connectivity index (χ4n) is 1.30. The summed E-state index contributed by atoms with van der Waals surface area (Å²) in [4.78, 5) is 0. The predicted octanol–water partition coefficient (Wildman–Crippen LogP) is 4.24. The van der Waals surface area contributed by atoms with Crippen LogP contribution >= 0.6 is 15.9 Å². The zero-order valence-corrected chi connectivity index (χ0v) is 10.5. The molecule has 94 valence electrons. The molecule has 2 N–H and O–H groups in total. The summed E-state index contributed by atoms with van der Waals surface area (Å²) in [6, 6.07) is 5.15. The van der Waals surface area contributed by atoms with Gasteiger partial charge in [0.05, 0.1) is 10.2 Å². The summed E-state index contributed by atoms with van der Waals surface area (Å²) < 4.78 is 44.8. The number of nitrogens with two attached hydrogens (primary N) is 1. The van der Waals surface area contributed by atoms with E-state index in [0.717, 1.165) is 18.2 Å². The van der Waals surface area contributed by atoms with Crippen LogP contribution in [0, 0.1) is 17.5 Å². The van der Waals surface area contributed by atoms with Crippen LogP contribution in [0.4, 0.5) is 18.9 Å². The van der Waals surface area contributed by atoms with Crippen LogP contribution in [-0.2, 0) is 0 Å². The first-order chi connectivity index (χ1) is 8.47. The van der Waals surface area contributed by atoms with E-state index in [1.165, 1.54) is 6.07 Å². The van der Waals surface area contributed by atoms with Gasteiger partial charge < -0.3 is 10.5 Å². The number of benzene rings is 2. The van der Waals surface area contributed by atoms with E-state index in [4.69, 9.17) is 10.5 Å². The van der Waals surface area contributed by atoms with Crippen molar-refractivity contribution in [2.45, 2.75) is 0 Å². The van der Waals surface area contributed by atoms with Crippen LogP contribution in [0.3, 0.4) is 0 Å². The molecule has 2 nitrogen and oxygen atoms in total. The second kappa shape index (κ2) is 4.89. The maximum atomic E-state index is 13.3. The van der Waals surface area contributed by atoms with Crippen LogP contribution in [0.5, 0.6) is 11.5 Å². The minimum atomic E-state index is -0.876. The highest BCUT2D eigenvalue weighted by Crippen LogP contribution is 2.33. The number of halogens is 4. The average Bonchev–Trinajstić information content (AvgIpc) is 2.29. The Morgan fingerprint density at radius 3 is 2.33 bits per heavy atom. The summed E-state index contributed by atoms with van der Waals surface area (Å²) in [6.45, 7) is 0. The van der Waals surface area contributed by atoms with Gasteiger partial charge in [-0.1, -0.05) is 0 Å². The number of anilines is 1. The van der Waals surface area contributed by atoms with E-state index >= 15 is 0 Å². The molecule has 0 unspecified atom stereocenters. The van der Waals surface area contributed by atoms with E-state index < -0.39 is 17.5 Å². The number of hydrogen-bond donors (Lipinski definition) is 1. The van der Waals surface area contributed by atoms with Gasteiger partial charge in [-0.25, -0.2) is 13.2 Å². The highest BCUT2D eigenvalue weighted by Gasteiger charge is 2.11. The first-order valence-electron chi connectivity index (χ1n) is 4.85. The highest BCUT2D eigenvalue weighted by atomic mass is 79.9. The summed E-state index contributed by atoms with van der Waals surface area (Å²) in [6.07, 6.45) is 0. The molecule has 0 bridgehead atoms. The Morgan fingerprint density at radius 1 is 0.944 bits per heavy atom. The first-order valence-corrected chi connectivity index (χ1v) is 5.64. The summed E-state index contributed by atoms with van der Waals surface area (Å²) in [5.41, 5.74) is 5.29. The molecule has 0 fully saturated rings. The van der Waals surface area contributed by atoms with Crippen LogP contribution in [0.15, 0.2) is 34.8 Å². The number of ether oxygens (including phenoxy) is 1. The van der Waals surface area contributed by atoms with Crippen molar-refractivity contribution in [1.82, 2.24) is 0 Å². The minimum absolute atomic E-state index is 0.0483. The molecule has 0 saturated heterocycles. The van der Waals surface area contributed by atoms with Crippen molar-refractivity contribution in [3.8, 4) is 11.5 Å². The molecule has 0 aliphatic heterocycles. The maximum absolute atomic E-state index is 13.3. The van der Waals surface area contributed by atoms with Crippen LogP contribution in [0.25, 0.3) is 0 Å². The first kappa shape index (κ1) is 12.8. The molecule has 2 rings (SSSR count). The Bertz CT molecular complexity index is 604. The third-order valence-corrected chi connectivity index (χ3v) is 2.78. The molecule has 0 aromatic heterocycles. The van der Waals surface area contributed by atoms with Gasteiger partial charge in [-0.2, -0.15) is 0 Å². The summed E-state index contributed by atoms with van der Waals surface area (Å²) >= 11 is 3.11. The van der Waals surface area contributed by atoms with Crippen LogP contribution in [0.2, 0.25) is 0 Å². The third kappa shape index (κ3) is 2.59. The predicted molar refractivity (Wildman–Crippen MR) is 64.9 cm³/mol. The second-order valence-electron chi connectivity index (χ2n) is 3.48. The van der Waals surface area contributed by atoms with E-state index in [0.29, 0.717) is 10.5 Å². The lowest BCUT2D eigenvalue weighted by atomic mass is 10.3. The van der Waals surface area contributed by atoms with Gasteiger partial charge in [0.25, 0.3) is 0 Å². The van der Waals surface area contributed by atoms with Gasteiger partial charge in [-0.15, -0.1) is 0 Å². The van der Waals surface area contributed by atoms with Crippen molar-refractivity contribution in [3.63, 3.8) is 0 Å². The molecule has 2 aromatic rings. The van der Waals surface area contributed by atoms with Gasteiger partial charge in [0, 0.05) is 12.1 Å². The molecular formula is C12H7BrF3NO. The quantitative estimate of drug-likeness (QED) is 0.841. The number of nitrogen functional groups attached to an aromatic ring is 1. The van der Waals surface area contributed by atoms with Gasteiger partial charge in [0.2, 0.25) is 0 Å². The Balaban J connectivity index is 2.37. The summed E-state index contributed by atoms with van der Waals surface area (Å²) in [5, 5.41) is 0. The molecule has 6 heteroatoms. The van der Waals surface area contributed by atoms with Crippen molar-refractivity contribution in [2.24, 2.45) is 0 Å². The molecular weight excluding hydrogens is 311 g/mol. The Kier molecular flexibility index (Phi) is 3.47. The monoisotopic (exact) mass is 317 g/mol. The minimum Gasteiger partial charge on any atom is -0.453 e. The van der Waals surface area contributed by atoms with Crippen molar-refractivity contribution in [2.75, 3.05) is 5.73 Å². The largest absolute Gasteiger partial charge is 0.453 e. The van der Waals surface area contributed by atoms with Gasteiger partial charge >= 0.3 is 0 Å². The summed E-state index contributed by atoms with van der Waals surface area (Å²) in [5.74, 6) is -2.44. The van der Waals surface area contributed by atoms with Gasteiger partial charge in [-0.3, -0.25) is 0 Å². The van der Waals surface area contributed by atoms with Crippen molar-refractivity contribution >= 4 is 21.6 Å². The molecule has 0 amide bonds.